The molecular formula is C14H28N2O3. The van der Waals surface area contributed by atoms with Crippen molar-refractivity contribution in [3.8, 4) is 0 Å². The van der Waals surface area contributed by atoms with Crippen LogP contribution in [0.1, 0.15) is 33.1 Å². The molecule has 5 heteroatoms. The fraction of sp³-hybridized carbons (Fsp3) is 0.929. The van der Waals surface area contributed by atoms with E-state index >= 15 is 0 Å². The molecule has 0 saturated carbocycles. The van der Waals surface area contributed by atoms with Crippen LogP contribution in [0.4, 0.5) is 0 Å². The molecule has 5 nitrogen and oxygen atoms in total. The highest BCUT2D eigenvalue weighted by Gasteiger charge is 2.35. The normalized spacial score (nSPS) is 22.5. The highest BCUT2D eigenvalue weighted by molar-refractivity contribution is 5.80. The highest BCUT2D eigenvalue weighted by atomic mass is 16.5. The summed E-state index contributed by atoms with van der Waals surface area (Å²) in [6.45, 7) is 7.14. The SMILES string of the molecule is CCCNC(C)(CN(C)CC1CCCO1)C(=O)OC. The van der Waals surface area contributed by atoms with E-state index in [1.807, 2.05) is 14.0 Å². The number of nitrogens with one attached hydrogen (secondary N) is 1. The number of esters is 1. The molecule has 1 saturated heterocycles. The lowest BCUT2D eigenvalue weighted by Gasteiger charge is -2.33. The summed E-state index contributed by atoms with van der Waals surface area (Å²) in [6, 6.07) is 0. The van der Waals surface area contributed by atoms with Gasteiger partial charge in [0.2, 0.25) is 0 Å². The topological polar surface area (TPSA) is 50.8 Å². The van der Waals surface area contributed by atoms with Gasteiger partial charge >= 0.3 is 5.97 Å². The fourth-order valence-corrected chi connectivity index (χ4v) is 2.56. The van der Waals surface area contributed by atoms with E-state index in [0.717, 1.165) is 39.0 Å². The highest BCUT2D eigenvalue weighted by Crippen LogP contribution is 2.15. The smallest absolute Gasteiger partial charge is 0.327 e. The first-order chi connectivity index (χ1) is 9.01. The predicted molar refractivity (Wildman–Crippen MR) is 75.2 cm³/mol. The van der Waals surface area contributed by atoms with Crippen LogP contribution in [-0.2, 0) is 14.3 Å². The second-order valence-corrected chi connectivity index (χ2v) is 5.58. The quantitative estimate of drug-likeness (QED) is 0.669. The molecule has 1 rings (SSSR count). The maximum absolute atomic E-state index is 12.0. The summed E-state index contributed by atoms with van der Waals surface area (Å²) in [5, 5.41) is 3.30. The van der Waals surface area contributed by atoms with Gasteiger partial charge in [0.25, 0.3) is 0 Å². The maximum atomic E-state index is 12.0. The summed E-state index contributed by atoms with van der Waals surface area (Å²) in [5.74, 6) is -0.208. The minimum absolute atomic E-state index is 0.208. The van der Waals surface area contributed by atoms with Crippen LogP contribution in [-0.4, -0.2) is 62.9 Å². The molecule has 2 atom stereocenters. The lowest BCUT2D eigenvalue weighted by molar-refractivity contribution is -0.148. The van der Waals surface area contributed by atoms with E-state index in [4.69, 9.17) is 9.47 Å². The third kappa shape index (κ3) is 5.09. The van der Waals surface area contributed by atoms with Gasteiger partial charge in [0.05, 0.1) is 13.2 Å². The molecule has 0 radical (unpaired) electrons. The molecule has 1 aliphatic rings. The number of rotatable bonds is 8. The molecule has 2 unspecified atom stereocenters. The number of ether oxygens (including phenoxy) is 2. The number of carbonyl (C=O) groups is 1. The van der Waals surface area contributed by atoms with E-state index in [9.17, 15) is 4.79 Å². The zero-order chi connectivity index (χ0) is 14.3. The first kappa shape index (κ1) is 16.4. The van der Waals surface area contributed by atoms with Crippen LogP contribution < -0.4 is 5.32 Å². The molecule has 112 valence electrons. The van der Waals surface area contributed by atoms with E-state index in [-0.39, 0.29) is 5.97 Å². The molecule has 0 aromatic rings. The van der Waals surface area contributed by atoms with Crippen LogP contribution in [0.15, 0.2) is 0 Å². The third-order valence-corrected chi connectivity index (χ3v) is 3.53. The maximum Gasteiger partial charge on any atom is 0.327 e. The Hall–Kier alpha value is -0.650. The summed E-state index contributed by atoms with van der Waals surface area (Å²) in [5.41, 5.74) is -0.655. The van der Waals surface area contributed by atoms with Gasteiger partial charge < -0.3 is 19.7 Å². The first-order valence-corrected chi connectivity index (χ1v) is 7.15. The average molecular weight is 272 g/mol. The van der Waals surface area contributed by atoms with Gasteiger partial charge in [-0.1, -0.05) is 6.92 Å². The zero-order valence-corrected chi connectivity index (χ0v) is 12.7. The minimum Gasteiger partial charge on any atom is -0.468 e. The van der Waals surface area contributed by atoms with Crippen molar-refractivity contribution in [3.05, 3.63) is 0 Å². The predicted octanol–water partition coefficient (Wildman–Crippen LogP) is 1.03. The lowest BCUT2D eigenvalue weighted by Crippen LogP contribution is -2.57. The molecule has 1 N–H and O–H groups in total. The third-order valence-electron chi connectivity index (χ3n) is 3.53. The summed E-state index contributed by atoms with van der Waals surface area (Å²) < 4.78 is 10.6. The largest absolute Gasteiger partial charge is 0.468 e. The van der Waals surface area contributed by atoms with Crippen molar-refractivity contribution in [1.82, 2.24) is 10.2 Å². The number of carbonyl (C=O) groups excluding carboxylic acids is 1. The van der Waals surface area contributed by atoms with Gasteiger partial charge in [0.15, 0.2) is 0 Å². The van der Waals surface area contributed by atoms with E-state index in [0.29, 0.717) is 12.6 Å². The molecule has 1 fully saturated rings. The number of nitrogens with zero attached hydrogens (tertiary/aromatic N) is 1. The summed E-state index contributed by atoms with van der Waals surface area (Å²) in [4.78, 5) is 14.1. The fourth-order valence-electron chi connectivity index (χ4n) is 2.56. The molecular weight excluding hydrogens is 244 g/mol. The summed E-state index contributed by atoms with van der Waals surface area (Å²) >= 11 is 0. The van der Waals surface area contributed by atoms with E-state index < -0.39 is 5.54 Å². The Morgan fingerprint density at radius 1 is 1.58 bits per heavy atom. The standard InChI is InChI=1S/C14H28N2O3/c1-5-8-15-14(2,13(17)18-4)11-16(3)10-12-7-6-9-19-12/h12,15H,5-11H2,1-4H3. The van der Waals surface area contributed by atoms with Crippen molar-refractivity contribution >= 4 is 5.97 Å². The van der Waals surface area contributed by atoms with E-state index in [2.05, 4.69) is 17.1 Å². The van der Waals surface area contributed by atoms with Crippen molar-refractivity contribution < 1.29 is 14.3 Å². The molecule has 0 spiro atoms. The first-order valence-electron chi connectivity index (χ1n) is 7.15. The van der Waals surface area contributed by atoms with E-state index in [1.165, 1.54) is 7.11 Å². The molecule has 0 aromatic carbocycles. The number of likely N-dealkylation sites (N-methyl/N-ethyl adjacent to an activating group) is 1. The van der Waals surface area contributed by atoms with Crippen molar-refractivity contribution in [2.75, 3.05) is 40.4 Å². The lowest BCUT2D eigenvalue weighted by atomic mass is 10.0. The average Bonchev–Trinajstić information content (AvgIpc) is 2.87. The molecule has 19 heavy (non-hydrogen) atoms. The van der Waals surface area contributed by atoms with Crippen molar-refractivity contribution in [2.24, 2.45) is 0 Å². The Kier molecular flexibility index (Phi) is 6.75. The van der Waals surface area contributed by atoms with Crippen LogP contribution in [0.3, 0.4) is 0 Å². The summed E-state index contributed by atoms with van der Waals surface area (Å²) in [7, 11) is 3.46. The Bertz CT molecular complexity index is 280. The van der Waals surface area contributed by atoms with Crippen LogP contribution >= 0.6 is 0 Å². The van der Waals surface area contributed by atoms with Crippen LogP contribution in [0, 0.1) is 0 Å². The zero-order valence-electron chi connectivity index (χ0n) is 12.7. The van der Waals surface area contributed by atoms with Gasteiger partial charge in [0.1, 0.15) is 5.54 Å². The number of hydrogen-bond acceptors (Lipinski definition) is 5. The number of hydrogen-bond donors (Lipinski definition) is 1. The van der Waals surface area contributed by atoms with Crippen molar-refractivity contribution in [2.45, 2.75) is 44.8 Å². The monoisotopic (exact) mass is 272 g/mol. The molecule has 0 bridgehead atoms. The van der Waals surface area contributed by atoms with Crippen LogP contribution in [0.2, 0.25) is 0 Å². The Morgan fingerprint density at radius 2 is 2.32 bits per heavy atom. The van der Waals surface area contributed by atoms with Gasteiger partial charge in [0, 0.05) is 19.7 Å². The van der Waals surface area contributed by atoms with Crippen molar-refractivity contribution in [1.29, 1.82) is 0 Å². The van der Waals surface area contributed by atoms with Crippen molar-refractivity contribution in [3.63, 3.8) is 0 Å². The van der Waals surface area contributed by atoms with Gasteiger partial charge in [-0.3, -0.25) is 4.79 Å². The Labute approximate surface area is 116 Å². The van der Waals surface area contributed by atoms with Crippen LogP contribution in [0.25, 0.3) is 0 Å². The Balaban J connectivity index is 2.52. The van der Waals surface area contributed by atoms with Crippen LogP contribution in [0.5, 0.6) is 0 Å². The molecule has 0 aliphatic carbocycles. The van der Waals surface area contributed by atoms with Gasteiger partial charge in [-0.15, -0.1) is 0 Å². The second kappa shape index (κ2) is 7.82. The number of methoxy groups -OCH3 is 1. The van der Waals surface area contributed by atoms with Gasteiger partial charge in [-0.05, 0) is 39.8 Å². The molecule has 0 amide bonds. The van der Waals surface area contributed by atoms with Gasteiger partial charge in [-0.2, -0.15) is 0 Å². The molecule has 0 aromatic heterocycles. The second-order valence-electron chi connectivity index (χ2n) is 5.58. The molecule has 1 aliphatic heterocycles. The molecule has 1 heterocycles. The summed E-state index contributed by atoms with van der Waals surface area (Å²) in [6.07, 6.45) is 3.54. The Morgan fingerprint density at radius 3 is 2.84 bits per heavy atom. The minimum atomic E-state index is -0.655. The van der Waals surface area contributed by atoms with Gasteiger partial charge in [-0.25, -0.2) is 0 Å². The van der Waals surface area contributed by atoms with E-state index in [1.54, 1.807) is 0 Å².